The standard InChI is InChI=1S/C7H11NO2/c9-6-4-7(10)3-1-2-5-8-7/h1-3,5,8-10H,4,6H2. The number of aliphatic hydroxyl groups excluding tert-OH is 1. The highest BCUT2D eigenvalue weighted by Gasteiger charge is 2.21. The van der Waals surface area contributed by atoms with Gasteiger partial charge in [0, 0.05) is 13.0 Å². The van der Waals surface area contributed by atoms with Crippen LogP contribution in [0.3, 0.4) is 0 Å². The molecule has 1 unspecified atom stereocenters. The van der Waals surface area contributed by atoms with Crippen LogP contribution in [0.15, 0.2) is 24.4 Å². The SMILES string of the molecule is OCCC1(O)C=CC=CN1. The number of aliphatic hydroxyl groups is 2. The molecule has 0 saturated heterocycles. The molecule has 3 N–H and O–H groups in total. The second-order valence-corrected chi connectivity index (χ2v) is 2.26. The van der Waals surface area contributed by atoms with E-state index in [0.717, 1.165) is 0 Å². The van der Waals surface area contributed by atoms with Gasteiger partial charge in [-0.1, -0.05) is 6.08 Å². The Hall–Kier alpha value is -0.800. The molecule has 0 aliphatic carbocycles. The molecule has 1 rings (SSSR count). The Balaban J connectivity index is 2.52. The van der Waals surface area contributed by atoms with Crippen molar-refractivity contribution in [2.24, 2.45) is 0 Å². The van der Waals surface area contributed by atoms with Crippen molar-refractivity contribution in [1.82, 2.24) is 5.32 Å². The molecule has 0 aromatic carbocycles. The number of nitrogens with one attached hydrogen (secondary N) is 1. The molecule has 0 aromatic rings. The van der Waals surface area contributed by atoms with Gasteiger partial charge in [-0.15, -0.1) is 0 Å². The van der Waals surface area contributed by atoms with Crippen LogP contribution in [-0.2, 0) is 0 Å². The monoisotopic (exact) mass is 141 g/mol. The van der Waals surface area contributed by atoms with Gasteiger partial charge in [-0.3, -0.25) is 0 Å². The van der Waals surface area contributed by atoms with Crippen LogP contribution in [0.4, 0.5) is 0 Å². The Morgan fingerprint density at radius 1 is 1.40 bits per heavy atom. The molecule has 0 bridgehead atoms. The zero-order valence-corrected chi connectivity index (χ0v) is 5.62. The summed E-state index contributed by atoms with van der Waals surface area (Å²) in [6.45, 7) is -0.0261. The third-order valence-electron chi connectivity index (χ3n) is 1.41. The van der Waals surface area contributed by atoms with Crippen LogP contribution in [0.5, 0.6) is 0 Å². The fourth-order valence-electron chi connectivity index (χ4n) is 0.837. The molecule has 3 nitrogen and oxygen atoms in total. The molecule has 0 saturated carbocycles. The summed E-state index contributed by atoms with van der Waals surface area (Å²) in [4.78, 5) is 0. The van der Waals surface area contributed by atoms with Crippen LogP contribution in [0.1, 0.15) is 6.42 Å². The third-order valence-corrected chi connectivity index (χ3v) is 1.41. The minimum Gasteiger partial charge on any atom is -0.396 e. The molecule has 1 heterocycles. The van der Waals surface area contributed by atoms with Gasteiger partial charge in [-0.25, -0.2) is 0 Å². The van der Waals surface area contributed by atoms with Crippen LogP contribution in [0, 0.1) is 0 Å². The zero-order chi connectivity index (χ0) is 7.45. The van der Waals surface area contributed by atoms with Gasteiger partial charge >= 0.3 is 0 Å². The third kappa shape index (κ3) is 1.59. The molecule has 0 radical (unpaired) electrons. The molecule has 1 aliphatic rings. The molecule has 1 aliphatic heterocycles. The van der Waals surface area contributed by atoms with Gasteiger partial charge in [-0.2, -0.15) is 0 Å². The summed E-state index contributed by atoms with van der Waals surface area (Å²) in [6.07, 6.45) is 7.10. The average molecular weight is 141 g/mol. The van der Waals surface area contributed by atoms with E-state index in [-0.39, 0.29) is 6.61 Å². The zero-order valence-electron chi connectivity index (χ0n) is 5.62. The van der Waals surface area contributed by atoms with Crippen molar-refractivity contribution in [3.63, 3.8) is 0 Å². The predicted octanol–water partition coefficient (Wildman–Crippen LogP) is -0.270. The Kier molecular flexibility index (Phi) is 2.09. The second kappa shape index (κ2) is 2.86. The fraction of sp³-hybridized carbons (Fsp3) is 0.429. The summed E-state index contributed by atoms with van der Waals surface area (Å²) >= 11 is 0. The Morgan fingerprint density at radius 2 is 2.20 bits per heavy atom. The highest BCUT2D eigenvalue weighted by atomic mass is 16.3. The number of allylic oxidation sites excluding steroid dienone is 2. The van der Waals surface area contributed by atoms with Crippen molar-refractivity contribution >= 4 is 0 Å². The molecule has 0 spiro atoms. The van der Waals surface area contributed by atoms with Crippen LogP contribution < -0.4 is 5.32 Å². The Bertz CT molecular complexity index is 165. The van der Waals surface area contributed by atoms with E-state index in [2.05, 4.69) is 5.32 Å². The summed E-state index contributed by atoms with van der Waals surface area (Å²) in [7, 11) is 0. The summed E-state index contributed by atoms with van der Waals surface area (Å²) in [5.41, 5.74) is -1.04. The maximum atomic E-state index is 9.46. The van der Waals surface area contributed by atoms with Crippen molar-refractivity contribution in [3.05, 3.63) is 24.4 Å². The van der Waals surface area contributed by atoms with E-state index in [1.54, 1.807) is 24.4 Å². The lowest BCUT2D eigenvalue weighted by molar-refractivity contribution is 0.0406. The molecule has 0 amide bonds. The minimum absolute atomic E-state index is 0.0261. The first-order valence-electron chi connectivity index (χ1n) is 3.22. The lowest BCUT2D eigenvalue weighted by Crippen LogP contribution is -2.41. The van der Waals surface area contributed by atoms with Crippen LogP contribution in [0.2, 0.25) is 0 Å². The van der Waals surface area contributed by atoms with Gasteiger partial charge in [0.25, 0.3) is 0 Å². The first-order valence-corrected chi connectivity index (χ1v) is 3.22. The van der Waals surface area contributed by atoms with E-state index in [1.165, 1.54) is 0 Å². The molecule has 0 fully saturated rings. The molecule has 3 heteroatoms. The highest BCUT2D eigenvalue weighted by Crippen LogP contribution is 2.10. The van der Waals surface area contributed by atoms with E-state index in [1.807, 2.05) is 0 Å². The summed E-state index contributed by atoms with van der Waals surface area (Å²) in [6, 6.07) is 0. The van der Waals surface area contributed by atoms with E-state index in [4.69, 9.17) is 5.11 Å². The highest BCUT2D eigenvalue weighted by molar-refractivity contribution is 5.15. The molecule has 56 valence electrons. The summed E-state index contributed by atoms with van der Waals surface area (Å²) < 4.78 is 0. The summed E-state index contributed by atoms with van der Waals surface area (Å²) in [5.74, 6) is 0. The molecular weight excluding hydrogens is 130 g/mol. The maximum Gasteiger partial charge on any atom is 0.156 e. The van der Waals surface area contributed by atoms with E-state index >= 15 is 0 Å². The van der Waals surface area contributed by atoms with Crippen molar-refractivity contribution in [2.45, 2.75) is 12.1 Å². The lowest BCUT2D eigenvalue weighted by atomic mass is 10.1. The van der Waals surface area contributed by atoms with Crippen LogP contribution in [-0.4, -0.2) is 22.5 Å². The largest absolute Gasteiger partial charge is 0.396 e. The van der Waals surface area contributed by atoms with E-state index < -0.39 is 5.72 Å². The summed E-state index contributed by atoms with van der Waals surface area (Å²) in [5, 5.41) is 20.7. The molecule has 0 aromatic heterocycles. The lowest BCUT2D eigenvalue weighted by Gasteiger charge is -2.25. The minimum atomic E-state index is -1.04. The van der Waals surface area contributed by atoms with Gasteiger partial charge in [0.15, 0.2) is 5.72 Å². The molecular formula is C7H11NO2. The number of hydrogen-bond donors (Lipinski definition) is 3. The Morgan fingerprint density at radius 3 is 2.70 bits per heavy atom. The van der Waals surface area contributed by atoms with Crippen molar-refractivity contribution in [1.29, 1.82) is 0 Å². The van der Waals surface area contributed by atoms with E-state index in [0.29, 0.717) is 6.42 Å². The smallest absolute Gasteiger partial charge is 0.156 e. The number of hydrogen-bond acceptors (Lipinski definition) is 3. The second-order valence-electron chi connectivity index (χ2n) is 2.26. The van der Waals surface area contributed by atoms with Gasteiger partial charge in [0.05, 0.1) is 0 Å². The number of rotatable bonds is 2. The molecule has 1 atom stereocenters. The molecule has 10 heavy (non-hydrogen) atoms. The number of dihydropyridines is 1. The van der Waals surface area contributed by atoms with E-state index in [9.17, 15) is 5.11 Å². The van der Waals surface area contributed by atoms with Gasteiger partial charge in [0.2, 0.25) is 0 Å². The maximum absolute atomic E-state index is 9.46. The normalized spacial score (nSPS) is 30.2. The van der Waals surface area contributed by atoms with Crippen LogP contribution in [0.25, 0.3) is 0 Å². The Labute approximate surface area is 59.7 Å². The predicted molar refractivity (Wildman–Crippen MR) is 38.1 cm³/mol. The fourth-order valence-corrected chi connectivity index (χ4v) is 0.837. The quantitative estimate of drug-likeness (QED) is 0.496. The van der Waals surface area contributed by atoms with Gasteiger partial charge in [-0.05, 0) is 18.4 Å². The van der Waals surface area contributed by atoms with Crippen molar-refractivity contribution in [2.75, 3.05) is 6.61 Å². The first-order chi connectivity index (χ1) is 4.77. The topological polar surface area (TPSA) is 52.5 Å². The average Bonchev–Trinajstić information content (AvgIpc) is 1.89. The van der Waals surface area contributed by atoms with Crippen LogP contribution >= 0.6 is 0 Å². The first kappa shape index (κ1) is 7.31. The van der Waals surface area contributed by atoms with Crippen molar-refractivity contribution < 1.29 is 10.2 Å². The van der Waals surface area contributed by atoms with Crippen molar-refractivity contribution in [3.8, 4) is 0 Å². The van der Waals surface area contributed by atoms with Gasteiger partial charge < -0.3 is 15.5 Å². The van der Waals surface area contributed by atoms with Gasteiger partial charge in [0.1, 0.15) is 0 Å².